The molecule has 0 spiro atoms. The van der Waals surface area contributed by atoms with Gasteiger partial charge in [0.25, 0.3) is 0 Å². The molecule has 34 heavy (non-hydrogen) atoms. The smallest absolute Gasteiger partial charge is 0.407 e. The minimum absolute atomic E-state index is 0.0141. The van der Waals surface area contributed by atoms with Crippen LogP contribution < -0.4 is 14.9 Å². The molecule has 0 aromatic heterocycles. The summed E-state index contributed by atoms with van der Waals surface area (Å²) in [5.74, 6) is 0. The van der Waals surface area contributed by atoms with Gasteiger partial charge in [-0.3, -0.25) is 0 Å². The van der Waals surface area contributed by atoms with Crippen LogP contribution in [0.4, 0.5) is 10.5 Å². The molecule has 0 unspecified atom stereocenters. The van der Waals surface area contributed by atoms with E-state index >= 15 is 0 Å². The number of fused-ring (bicyclic) bond motifs is 1. The van der Waals surface area contributed by atoms with Crippen molar-refractivity contribution in [2.45, 2.75) is 43.7 Å². The minimum Gasteiger partial charge on any atom is -0.444 e. The summed E-state index contributed by atoms with van der Waals surface area (Å²) in [6.07, 6.45) is -0.142. The van der Waals surface area contributed by atoms with Gasteiger partial charge in [0.2, 0.25) is 10.0 Å². The molecule has 1 atom stereocenters. The number of alkyl carbamates (subject to hydrolysis) is 1. The second-order valence-corrected chi connectivity index (χ2v) is 11.1. The second-order valence-electron chi connectivity index (χ2n) is 9.41. The highest BCUT2D eigenvalue weighted by atomic mass is 32.2. The zero-order valence-corrected chi connectivity index (χ0v) is 21.1. The van der Waals surface area contributed by atoms with E-state index in [1.165, 1.54) is 0 Å². The quantitative estimate of drug-likeness (QED) is 0.498. The summed E-state index contributed by atoms with van der Waals surface area (Å²) in [4.78, 5) is 14.6. The van der Waals surface area contributed by atoms with Crippen LogP contribution in [0.3, 0.4) is 0 Å². The molecule has 0 aliphatic carbocycles. The summed E-state index contributed by atoms with van der Waals surface area (Å²) in [7, 11) is -0.00555. The van der Waals surface area contributed by atoms with E-state index in [1.54, 1.807) is 39.0 Å². The fourth-order valence-electron chi connectivity index (χ4n) is 3.72. The Morgan fingerprint density at radius 2 is 1.59 bits per heavy atom. The van der Waals surface area contributed by atoms with Crippen LogP contribution in [0.1, 0.15) is 26.3 Å². The molecule has 0 radical (unpaired) electrons. The van der Waals surface area contributed by atoms with Crippen molar-refractivity contribution in [2.24, 2.45) is 0 Å². The van der Waals surface area contributed by atoms with E-state index in [1.807, 2.05) is 67.5 Å². The normalized spacial score (nSPS) is 12.9. The molecule has 182 valence electrons. The molecule has 0 saturated heterocycles. The Hall–Kier alpha value is -3.10. The summed E-state index contributed by atoms with van der Waals surface area (Å²) in [5.41, 5.74) is 1.25. The third kappa shape index (κ3) is 6.71. The zero-order chi connectivity index (χ0) is 24.9. The summed E-state index contributed by atoms with van der Waals surface area (Å²) in [6.45, 7) is 5.36. The fourth-order valence-corrected chi connectivity index (χ4v) is 5.03. The van der Waals surface area contributed by atoms with Crippen LogP contribution in [0, 0.1) is 0 Å². The van der Waals surface area contributed by atoms with Gasteiger partial charge in [0.05, 0.1) is 4.90 Å². The van der Waals surface area contributed by atoms with Gasteiger partial charge in [-0.05, 0) is 44.9 Å². The molecule has 0 bridgehead atoms. The van der Waals surface area contributed by atoms with Crippen LogP contribution in [0.5, 0.6) is 0 Å². The number of nitrogens with zero attached hydrogens (tertiary/aromatic N) is 1. The molecule has 2 N–H and O–H groups in total. The number of hydrogen-bond acceptors (Lipinski definition) is 5. The van der Waals surface area contributed by atoms with Gasteiger partial charge in [-0.1, -0.05) is 54.6 Å². The number of carbonyl (C=O) groups is 1. The number of hydrogen-bond donors (Lipinski definition) is 2. The average molecular weight is 484 g/mol. The van der Waals surface area contributed by atoms with Crippen molar-refractivity contribution in [2.75, 3.05) is 25.5 Å². The first-order chi connectivity index (χ1) is 16.0. The third-order valence-corrected chi connectivity index (χ3v) is 6.68. The first-order valence-corrected chi connectivity index (χ1v) is 12.7. The van der Waals surface area contributed by atoms with Gasteiger partial charge in [-0.2, -0.15) is 0 Å². The lowest BCUT2D eigenvalue weighted by molar-refractivity contribution is 0.0505. The largest absolute Gasteiger partial charge is 0.444 e. The Morgan fingerprint density at radius 1 is 0.941 bits per heavy atom. The fraction of sp³-hybridized carbons (Fsp3) is 0.346. The van der Waals surface area contributed by atoms with Crippen molar-refractivity contribution >= 4 is 32.6 Å². The Labute approximate surface area is 202 Å². The summed E-state index contributed by atoms with van der Waals surface area (Å²) >= 11 is 0. The predicted octanol–water partition coefficient (Wildman–Crippen LogP) is 4.32. The predicted molar refractivity (Wildman–Crippen MR) is 137 cm³/mol. The Kier molecular flexibility index (Phi) is 7.84. The van der Waals surface area contributed by atoms with Gasteiger partial charge in [0.1, 0.15) is 5.60 Å². The third-order valence-electron chi connectivity index (χ3n) is 5.20. The van der Waals surface area contributed by atoms with Crippen molar-refractivity contribution in [3.05, 3.63) is 72.3 Å². The van der Waals surface area contributed by atoms with Gasteiger partial charge in [-0.25, -0.2) is 17.9 Å². The number of amides is 1. The van der Waals surface area contributed by atoms with Crippen molar-refractivity contribution in [3.8, 4) is 0 Å². The van der Waals surface area contributed by atoms with Crippen molar-refractivity contribution < 1.29 is 17.9 Å². The molecule has 3 aromatic carbocycles. The minimum atomic E-state index is -3.85. The summed E-state index contributed by atoms with van der Waals surface area (Å²) in [6, 6.07) is 19.9. The Bertz CT molecular complexity index is 1240. The van der Waals surface area contributed by atoms with E-state index in [0.717, 1.165) is 16.6 Å². The Balaban J connectivity index is 1.85. The zero-order valence-electron chi connectivity index (χ0n) is 20.3. The lowest BCUT2D eigenvalue weighted by Crippen LogP contribution is -2.46. The number of benzene rings is 3. The van der Waals surface area contributed by atoms with Crippen LogP contribution in [-0.2, 0) is 21.2 Å². The van der Waals surface area contributed by atoms with E-state index < -0.39 is 27.8 Å². The number of sulfonamides is 1. The molecule has 0 heterocycles. The molecule has 1 amide bonds. The maximum atomic E-state index is 13.3. The molecular formula is C26H33N3O4S. The lowest BCUT2D eigenvalue weighted by atomic mass is 10.1. The van der Waals surface area contributed by atoms with Crippen LogP contribution in [0.25, 0.3) is 10.8 Å². The monoisotopic (exact) mass is 483 g/mol. The first-order valence-electron chi connectivity index (χ1n) is 11.2. The van der Waals surface area contributed by atoms with Gasteiger partial charge in [0.15, 0.2) is 0 Å². The highest BCUT2D eigenvalue weighted by Gasteiger charge is 2.23. The van der Waals surface area contributed by atoms with Crippen LogP contribution >= 0.6 is 0 Å². The van der Waals surface area contributed by atoms with Gasteiger partial charge >= 0.3 is 6.09 Å². The number of ether oxygens (including phenoxy) is 1. The number of anilines is 1. The molecule has 0 fully saturated rings. The molecule has 7 nitrogen and oxygen atoms in total. The average Bonchev–Trinajstić information content (AvgIpc) is 2.76. The molecular weight excluding hydrogens is 450 g/mol. The highest BCUT2D eigenvalue weighted by Crippen LogP contribution is 2.30. The van der Waals surface area contributed by atoms with Gasteiger partial charge < -0.3 is 15.0 Å². The first kappa shape index (κ1) is 25.5. The Morgan fingerprint density at radius 3 is 2.24 bits per heavy atom. The number of carbonyl (C=O) groups excluding carboxylic acids is 1. The molecule has 3 rings (SSSR count). The second kappa shape index (κ2) is 10.4. The van der Waals surface area contributed by atoms with Crippen molar-refractivity contribution in [1.82, 2.24) is 10.0 Å². The number of rotatable bonds is 8. The van der Waals surface area contributed by atoms with E-state index in [-0.39, 0.29) is 11.4 Å². The maximum absolute atomic E-state index is 13.3. The summed E-state index contributed by atoms with van der Waals surface area (Å²) < 4.78 is 34.7. The maximum Gasteiger partial charge on any atom is 0.407 e. The van der Waals surface area contributed by atoms with Gasteiger partial charge in [-0.15, -0.1) is 0 Å². The van der Waals surface area contributed by atoms with Crippen molar-refractivity contribution in [3.63, 3.8) is 0 Å². The molecule has 3 aromatic rings. The molecule has 0 saturated carbocycles. The molecule has 0 aliphatic rings. The summed E-state index contributed by atoms with van der Waals surface area (Å²) in [5, 5.41) is 4.30. The topological polar surface area (TPSA) is 87.7 Å². The van der Waals surface area contributed by atoms with Crippen LogP contribution in [-0.4, -0.2) is 46.8 Å². The molecule has 0 aliphatic heterocycles. The lowest BCUT2D eigenvalue weighted by Gasteiger charge is -2.24. The van der Waals surface area contributed by atoms with Crippen LogP contribution in [0.15, 0.2) is 71.6 Å². The molecule has 8 heteroatoms. The number of nitrogens with one attached hydrogen (secondary N) is 2. The van der Waals surface area contributed by atoms with E-state index in [0.29, 0.717) is 11.8 Å². The van der Waals surface area contributed by atoms with E-state index in [9.17, 15) is 13.2 Å². The van der Waals surface area contributed by atoms with Gasteiger partial charge in [0, 0.05) is 43.1 Å². The van der Waals surface area contributed by atoms with Crippen molar-refractivity contribution in [1.29, 1.82) is 0 Å². The van der Waals surface area contributed by atoms with E-state index in [4.69, 9.17) is 4.74 Å². The van der Waals surface area contributed by atoms with E-state index in [2.05, 4.69) is 10.0 Å². The standard InChI is InChI=1S/C26H33N3O4S/c1-26(2,3)33-25(30)28-20(17-19-11-7-6-8-12-19)18-27-34(31,32)24-16-10-13-21-22(24)14-9-15-23(21)29(4)5/h6-16,20,27H,17-18H2,1-5H3,(H,28,30)/t20-/m0/s1. The SMILES string of the molecule is CN(C)c1cccc2c(S(=O)(=O)NC[C@H](Cc3ccccc3)NC(=O)OC(C)(C)C)cccc12. The highest BCUT2D eigenvalue weighted by molar-refractivity contribution is 7.89. The van der Waals surface area contributed by atoms with Crippen LogP contribution in [0.2, 0.25) is 0 Å².